The van der Waals surface area contributed by atoms with E-state index in [0.717, 1.165) is 0 Å². The van der Waals surface area contributed by atoms with E-state index in [4.69, 9.17) is 11.6 Å². The Hall–Kier alpha value is -1.55. The molecular weight excluding hydrogens is 255 g/mol. The van der Waals surface area contributed by atoms with Crippen molar-refractivity contribution in [1.29, 1.82) is 0 Å². The third-order valence-corrected chi connectivity index (χ3v) is 3.11. The Balaban J connectivity index is 2.46. The summed E-state index contributed by atoms with van der Waals surface area (Å²) in [5.41, 5.74) is 1.77. The van der Waals surface area contributed by atoms with Gasteiger partial charge in [-0.1, -0.05) is 6.07 Å². The molecular formula is C13H13ClFN2O+. The van der Waals surface area contributed by atoms with E-state index in [1.165, 1.54) is 12.1 Å². The molecule has 0 saturated heterocycles. The molecule has 18 heavy (non-hydrogen) atoms. The molecule has 1 aromatic carbocycles. The van der Waals surface area contributed by atoms with Crippen molar-refractivity contribution in [2.45, 2.75) is 20.0 Å². The van der Waals surface area contributed by atoms with Crippen LogP contribution in [-0.2, 0) is 4.79 Å². The van der Waals surface area contributed by atoms with Crippen molar-refractivity contribution in [3.05, 3.63) is 30.1 Å². The molecule has 1 heterocycles. The van der Waals surface area contributed by atoms with Gasteiger partial charge in [0.1, 0.15) is 5.82 Å². The maximum Gasteiger partial charge on any atom is 0.249 e. The second-order valence-corrected chi connectivity index (χ2v) is 4.37. The third-order valence-electron chi connectivity index (χ3n) is 2.87. The Labute approximate surface area is 110 Å². The standard InChI is InChI=1S/C13H13ClFN2O/c1-8-13(12(18)7-14)16-9(2)17(8)11-5-3-4-10(15)6-11/h3-6,9H,7H2,1-2H3/q+1. The molecule has 1 aliphatic heterocycles. The molecule has 0 radical (unpaired) electrons. The number of hydrogen-bond donors (Lipinski definition) is 0. The minimum atomic E-state index is -0.315. The monoisotopic (exact) mass is 267 g/mol. The summed E-state index contributed by atoms with van der Waals surface area (Å²) in [5.74, 6) is -0.621. The molecule has 94 valence electrons. The van der Waals surface area contributed by atoms with Crippen LogP contribution < -0.4 is 0 Å². The molecule has 0 bridgehead atoms. The molecule has 0 fully saturated rings. The number of rotatable bonds is 3. The molecule has 0 aliphatic carbocycles. The van der Waals surface area contributed by atoms with E-state index in [9.17, 15) is 9.18 Å². The second kappa shape index (κ2) is 4.98. The fraction of sp³-hybridized carbons (Fsp3) is 0.308. The zero-order valence-electron chi connectivity index (χ0n) is 10.2. The molecule has 0 amide bonds. The van der Waals surface area contributed by atoms with Crippen LogP contribution in [0.4, 0.5) is 10.1 Å². The number of carbonyl (C=O) groups excluding carboxylic acids is 1. The van der Waals surface area contributed by atoms with Crippen LogP contribution in [0.1, 0.15) is 13.8 Å². The number of ketones is 1. The molecule has 1 aliphatic rings. The van der Waals surface area contributed by atoms with E-state index in [1.807, 2.05) is 11.5 Å². The van der Waals surface area contributed by atoms with Crippen LogP contribution in [0, 0.1) is 5.82 Å². The van der Waals surface area contributed by atoms with Crippen LogP contribution in [-0.4, -0.2) is 33.8 Å². The fourth-order valence-electron chi connectivity index (χ4n) is 2.10. The number of Topliss-reactive ketones (excluding diaryl/α,β-unsaturated/α-hetero) is 1. The summed E-state index contributed by atoms with van der Waals surface area (Å²) in [4.78, 5) is 15.9. The first kappa shape index (κ1) is 12.9. The lowest BCUT2D eigenvalue weighted by Crippen LogP contribution is -2.25. The van der Waals surface area contributed by atoms with E-state index in [2.05, 4.69) is 4.99 Å². The molecule has 5 heteroatoms. The number of hydrogen-bond acceptors (Lipinski definition) is 2. The maximum atomic E-state index is 13.2. The van der Waals surface area contributed by atoms with Crippen LogP contribution in [0.2, 0.25) is 0 Å². The largest absolute Gasteiger partial charge is 0.291 e. The van der Waals surface area contributed by atoms with E-state index >= 15 is 0 Å². The van der Waals surface area contributed by atoms with Crippen molar-refractivity contribution in [3.63, 3.8) is 0 Å². The Morgan fingerprint density at radius 3 is 2.89 bits per heavy atom. The Bertz CT molecular complexity index is 566. The molecule has 0 aromatic heterocycles. The summed E-state index contributed by atoms with van der Waals surface area (Å²) in [6, 6.07) is 6.22. The van der Waals surface area contributed by atoms with Crippen LogP contribution in [0.15, 0.2) is 29.3 Å². The van der Waals surface area contributed by atoms with Gasteiger partial charge < -0.3 is 0 Å². The van der Waals surface area contributed by atoms with Gasteiger partial charge in [0.15, 0.2) is 5.71 Å². The van der Waals surface area contributed by atoms with Crippen LogP contribution >= 0.6 is 11.6 Å². The van der Waals surface area contributed by atoms with Gasteiger partial charge in [0.05, 0.1) is 5.88 Å². The van der Waals surface area contributed by atoms with Gasteiger partial charge in [0.2, 0.25) is 23.3 Å². The molecule has 2 rings (SSSR count). The number of carbonyl (C=O) groups is 1. The average molecular weight is 268 g/mol. The summed E-state index contributed by atoms with van der Waals surface area (Å²) in [5, 5.41) is 0. The summed E-state index contributed by atoms with van der Waals surface area (Å²) < 4.78 is 15.1. The smallest absolute Gasteiger partial charge is 0.249 e. The highest BCUT2D eigenvalue weighted by Gasteiger charge is 2.34. The second-order valence-electron chi connectivity index (χ2n) is 4.10. The van der Waals surface area contributed by atoms with E-state index in [-0.39, 0.29) is 23.6 Å². The van der Waals surface area contributed by atoms with Crippen LogP contribution in [0.5, 0.6) is 0 Å². The molecule has 0 saturated carbocycles. The van der Waals surface area contributed by atoms with Crippen molar-refractivity contribution < 1.29 is 13.8 Å². The van der Waals surface area contributed by atoms with Crippen LogP contribution in [0.3, 0.4) is 0 Å². The highest BCUT2D eigenvalue weighted by atomic mass is 35.5. The Kier molecular flexibility index (Phi) is 3.57. The van der Waals surface area contributed by atoms with Gasteiger partial charge in [-0.2, -0.15) is 4.58 Å². The molecule has 0 spiro atoms. The lowest BCUT2D eigenvalue weighted by molar-refractivity contribution is -0.472. The van der Waals surface area contributed by atoms with Crippen molar-refractivity contribution >= 4 is 34.5 Å². The summed E-state index contributed by atoms with van der Waals surface area (Å²) in [6.07, 6.45) is -0.228. The van der Waals surface area contributed by atoms with Gasteiger partial charge >= 0.3 is 0 Å². The highest BCUT2D eigenvalue weighted by molar-refractivity contribution is 6.69. The molecule has 3 nitrogen and oxygen atoms in total. The fourth-order valence-corrected chi connectivity index (χ4v) is 2.23. The van der Waals surface area contributed by atoms with E-state index < -0.39 is 0 Å². The number of alkyl halides is 1. The first-order valence-electron chi connectivity index (χ1n) is 5.60. The summed E-state index contributed by atoms with van der Waals surface area (Å²) >= 11 is 5.54. The van der Waals surface area contributed by atoms with Gasteiger partial charge in [0.25, 0.3) is 0 Å². The topological polar surface area (TPSA) is 32.4 Å². The first-order valence-corrected chi connectivity index (χ1v) is 6.13. The SMILES string of the molecule is CC1=[N+](c2cccc(F)c2)C(C)N=C1C(=O)CCl. The molecule has 1 unspecified atom stereocenters. The van der Waals surface area contributed by atoms with E-state index in [1.54, 1.807) is 19.1 Å². The normalized spacial score (nSPS) is 19.1. The van der Waals surface area contributed by atoms with E-state index in [0.29, 0.717) is 17.1 Å². The lowest BCUT2D eigenvalue weighted by atomic mass is 10.2. The first-order chi connectivity index (χ1) is 8.54. The van der Waals surface area contributed by atoms with Gasteiger partial charge in [-0.15, -0.1) is 11.6 Å². The lowest BCUT2D eigenvalue weighted by Gasteiger charge is -2.03. The van der Waals surface area contributed by atoms with Gasteiger partial charge in [-0.25, -0.2) is 9.38 Å². The van der Waals surface area contributed by atoms with Crippen LogP contribution in [0.25, 0.3) is 0 Å². The third kappa shape index (κ3) is 2.20. The van der Waals surface area contributed by atoms with Gasteiger partial charge in [-0.05, 0) is 6.07 Å². The number of nitrogens with zero attached hydrogens (tertiary/aromatic N) is 2. The average Bonchev–Trinajstić information content (AvgIpc) is 2.64. The number of benzene rings is 1. The predicted molar refractivity (Wildman–Crippen MR) is 69.6 cm³/mol. The maximum absolute atomic E-state index is 13.2. The Morgan fingerprint density at radius 1 is 1.56 bits per heavy atom. The van der Waals surface area contributed by atoms with Crippen molar-refractivity contribution in [3.8, 4) is 0 Å². The van der Waals surface area contributed by atoms with Crippen molar-refractivity contribution in [1.82, 2.24) is 0 Å². The van der Waals surface area contributed by atoms with Gasteiger partial charge in [-0.3, -0.25) is 4.79 Å². The number of halogens is 2. The summed E-state index contributed by atoms with van der Waals surface area (Å²) in [7, 11) is 0. The van der Waals surface area contributed by atoms with Crippen molar-refractivity contribution in [2.75, 3.05) is 5.88 Å². The minimum absolute atomic E-state index is 0.0973. The van der Waals surface area contributed by atoms with Gasteiger partial charge in [0, 0.05) is 26.0 Å². The molecule has 0 N–H and O–H groups in total. The predicted octanol–water partition coefficient (Wildman–Crippen LogP) is 2.54. The Morgan fingerprint density at radius 2 is 2.28 bits per heavy atom. The summed E-state index contributed by atoms with van der Waals surface area (Å²) in [6.45, 7) is 3.64. The quantitative estimate of drug-likeness (QED) is 0.612. The van der Waals surface area contributed by atoms with Crippen molar-refractivity contribution in [2.24, 2.45) is 4.99 Å². The zero-order valence-corrected chi connectivity index (χ0v) is 10.9. The molecule has 1 atom stereocenters. The number of aliphatic imine (C=N–C) groups is 1. The minimum Gasteiger partial charge on any atom is -0.291 e. The zero-order chi connectivity index (χ0) is 13.3. The highest BCUT2D eigenvalue weighted by Crippen LogP contribution is 2.20. The molecule has 1 aromatic rings.